The predicted octanol–water partition coefficient (Wildman–Crippen LogP) is 6.20. The molecule has 182 valence electrons. The van der Waals surface area contributed by atoms with Gasteiger partial charge in [-0.2, -0.15) is 0 Å². The average molecular weight is 480 g/mol. The molecule has 4 aromatic carbocycles. The van der Waals surface area contributed by atoms with Gasteiger partial charge in [-0.05, 0) is 59.9 Å². The van der Waals surface area contributed by atoms with E-state index in [1.54, 1.807) is 60.7 Å². The Morgan fingerprint density at radius 1 is 0.889 bits per heavy atom. The van der Waals surface area contributed by atoms with Crippen LogP contribution in [0.15, 0.2) is 97.1 Å². The third-order valence-corrected chi connectivity index (χ3v) is 6.08. The first-order chi connectivity index (χ1) is 17.5. The molecule has 4 rings (SSSR count). The fourth-order valence-electron chi connectivity index (χ4n) is 3.95. The minimum absolute atomic E-state index is 0.172. The van der Waals surface area contributed by atoms with E-state index in [0.717, 1.165) is 22.4 Å². The van der Waals surface area contributed by atoms with Gasteiger partial charge in [-0.3, -0.25) is 9.59 Å². The van der Waals surface area contributed by atoms with Crippen LogP contribution in [0, 0.1) is 6.92 Å². The maximum atomic E-state index is 12.9. The first kappa shape index (κ1) is 24.9. The van der Waals surface area contributed by atoms with Crippen molar-refractivity contribution in [2.45, 2.75) is 32.9 Å². The molecule has 4 aromatic rings. The van der Waals surface area contributed by atoms with Gasteiger partial charge in [0.1, 0.15) is 17.6 Å². The molecular formula is C31H29NO4. The summed E-state index contributed by atoms with van der Waals surface area (Å²) in [6.45, 7) is 4.31. The van der Waals surface area contributed by atoms with Crippen LogP contribution in [0.25, 0.3) is 0 Å². The number of aryl methyl sites for hydroxylation is 2. The summed E-state index contributed by atoms with van der Waals surface area (Å²) in [5.41, 5.74) is 4.37. The molecule has 2 N–H and O–H groups in total. The Hall–Kier alpha value is -4.22. The lowest BCUT2D eigenvalue weighted by molar-refractivity contribution is 0.0747. The topological polar surface area (TPSA) is 75.6 Å². The van der Waals surface area contributed by atoms with Gasteiger partial charge in [0.2, 0.25) is 0 Å². The maximum absolute atomic E-state index is 12.9. The van der Waals surface area contributed by atoms with E-state index in [4.69, 9.17) is 4.74 Å². The number of hydrogen-bond acceptors (Lipinski definition) is 4. The highest BCUT2D eigenvalue weighted by Gasteiger charge is 2.19. The molecule has 1 atom stereocenters. The monoisotopic (exact) mass is 479 g/mol. The van der Waals surface area contributed by atoms with Crippen molar-refractivity contribution in [1.29, 1.82) is 0 Å². The molecule has 0 aliphatic rings. The van der Waals surface area contributed by atoms with Crippen molar-refractivity contribution in [3.8, 4) is 11.5 Å². The number of aliphatic hydroxyl groups is 1. The van der Waals surface area contributed by atoms with E-state index in [9.17, 15) is 14.7 Å². The molecule has 0 aliphatic heterocycles. The summed E-state index contributed by atoms with van der Waals surface area (Å²) in [7, 11) is 0. The van der Waals surface area contributed by atoms with Crippen molar-refractivity contribution < 1.29 is 19.4 Å². The van der Waals surface area contributed by atoms with Crippen molar-refractivity contribution in [2.75, 3.05) is 0 Å². The number of Topliss-reactive ketones (excluding diaryl/α,β-unsaturated/α-hetero) is 1. The lowest BCUT2D eigenvalue weighted by atomic mass is 9.99. The summed E-state index contributed by atoms with van der Waals surface area (Å²) in [5.74, 6) is 0.942. The molecule has 0 fully saturated rings. The Kier molecular flexibility index (Phi) is 7.93. The molecule has 5 heteroatoms. The zero-order valence-electron chi connectivity index (χ0n) is 20.4. The van der Waals surface area contributed by atoms with E-state index in [1.807, 2.05) is 50.2 Å². The summed E-state index contributed by atoms with van der Waals surface area (Å²) < 4.78 is 6.01. The lowest BCUT2D eigenvalue weighted by Crippen LogP contribution is -2.24. The third-order valence-electron chi connectivity index (χ3n) is 6.08. The Morgan fingerprint density at radius 2 is 1.58 bits per heavy atom. The summed E-state index contributed by atoms with van der Waals surface area (Å²) in [5, 5.41) is 13.3. The number of para-hydroxylation sites is 1. The van der Waals surface area contributed by atoms with Crippen LogP contribution < -0.4 is 10.1 Å². The van der Waals surface area contributed by atoms with Crippen LogP contribution in [0.3, 0.4) is 0 Å². The second-order valence-electron chi connectivity index (χ2n) is 8.60. The van der Waals surface area contributed by atoms with Crippen molar-refractivity contribution in [1.82, 2.24) is 5.32 Å². The van der Waals surface area contributed by atoms with Crippen LogP contribution in [0.1, 0.15) is 56.0 Å². The second kappa shape index (κ2) is 11.5. The number of hydrogen-bond donors (Lipinski definition) is 2. The molecule has 0 aromatic heterocycles. The molecule has 0 bridgehead atoms. The van der Waals surface area contributed by atoms with Crippen LogP contribution in [0.2, 0.25) is 0 Å². The zero-order chi connectivity index (χ0) is 25.5. The fraction of sp³-hybridized carbons (Fsp3) is 0.161. The smallest absolute Gasteiger partial charge is 0.251 e. The van der Waals surface area contributed by atoms with Gasteiger partial charge in [0.15, 0.2) is 5.78 Å². The van der Waals surface area contributed by atoms with Gasteiger partial charge in [-0.1, -0.05) is 79.7 Å². The number of nitrogens with one attached hydrogen (secondary N) is 1. The molecule has 0 aliphatic carbocycles. The minimum Gasteiger partial charge on any atom is -0.457 e. The van der Waals surface area contributed by atoms with Gasteiger partial charge in [-0.25, -0.2) is 0 Å². The van der Waals surface area contributed by atoms with Crippen LogP contribution >= 0.6 is 0 Å². The summed E-state index contributed by atoms with van der Waals surface area (Å²) in [6, 6.07) is 29.1. The normalized spacial score (nSPS) is 11.5. The molecule has 36 heavy (non-hydrogen) atoms. The molecule has 0 spiro atoms. The highest BCUT2D eigenvalue weighted by Crippen LogP contribution is 2.27. The van der Waals surface area contributed by atoms with E-state index in [2.05, 4.69) is 5.32 Å². The number of rotatable bonds is 9. The maximum Gasteiger partial charge on any atom is 0.251 e. The number of benzene rings is 4. The summed E-state index contributed by atoms with van der Waals surface area (Å²) in [6.07, 6.45) is -0.518. The van der Waals surface area contributed by atoms with Crippen molar-refractivity contribution >= 4 is 11.7 Å². The van der Waals surface area contributed by atoms with Crippen molar-refractivity contribution in [3.63, 3.8) is 0 Å². The van der Waals surface area contributed by atoms with Gasteiger partial charge in [0, 0.05) is 17.7 Å². The first-order valence-corrected chi connectivity index (χ1v) is 12.0. The summed E-state index contributed by atoms with van der Waals surface area (Å²) >= 11 is 0. The van der Waals surface area contributed by atoms with Crippen LogP contribution in [-0.4, -0.2) is 16.8 Å². The van der Waals surface area contributed by atoms with Crippen molar-refractivity contribution in [2.24, 2.45) is 0 Å². The predicted molar refractivity (Wildman–Crippen MR) is 140 cm³/mol. The van der Waals surface area contributed by atoms with Crippen LogP contribution in [-0.2, 0) is 13.0 Å². The molecule has 0 radical (unpaired) electrons. The molecule has 1 unspecified atom stereocenters. The van der Waals surface area contributed by atoms with Gasteiger partial charge < -0.3 is 15.2 Å². The van der Waals surface area contributed by atoms with Gasteiger partial charge in [0.25, 0.3) is 5.91 Å². The van der Waals surface area contributed by atoms with E-state index in [0.29, 0.717) is 35.4 Å². The highest BCUT2D eigenvalue weighted by atomic mass is 16.5. The zero-order valence-corrected chi connectivity index (χ0v) is 20.4. The largest absolute Gasteiger partial charge is 0.457 e. The Bertz CT molecular complexity index is 1350. The highest BCUT2D eigenvalue weighted by molar-refractivity contribution is 6.00. The molecule has 0 saturated carbocycles. The molecule has 0 heterocycles. The SMILES string of the molecule is CCc1cc(Oc2ccccc2C)ccc1C(=O)NCc1ccc(C(=O)C(O)c2ccccc2)cc1. The van der Waals surface area contributed by atoms with E-state index in [-0.39, 0.29) is 11.7 Å². The number of amides is 1. The number of carbonyl (C=O) groups excluding carboxylic acids is 2. The summed E-state index contributed by atoms with van der Waals surface area (Å²) in [4.78, 5) is 25.5. The standard InChI is InChI=1S/C31H29NO4/c1-3-23-19-26(36-28-12-8-7-9-21(28)2)17-18-27(23)31(35)32-20-22-13-15-25(16-14-22)30(34)29(33)24-10-5-4-6-11-24/h4-19,29,33H,3,20H2,1-2H3,(H,32,35). The van der Waals surface area contributed by atoms with Gasteiger partial charge in [-0.15, -0.1) is 0 Å². The number of carbonyl (C=O) groups is 2. The van der Waals surface area contributed by atoms with E-state index >= 15 is 0 Å². The second-order valence-corrected chi connectivity index (χ2v) is 8.60. The van der Waals surface area contributed by atoms with Crippen LogP contribution in [0.5, 0.6) is 11.5 Å². The van der Waals surface area contributed by atoms with E-state index in [1.165, 1.54) is 0 Å². The number of aliphatic hydroxyl groups excluding tert-OH is 1. The molecule has 0 saturated heterocycles. The minimum atomic E-state index is -1.21. The molecule has 1 amide bonds. The lowest BCUT2D eigenvalue weighted by Gasteiger charge is -2.13. The number of ketones is 1. The molecular weight excluding hydrogens is 450 g/mol. The Morgan fingerprint density at radius 3 is 2.28 bits per heavy atom. The molecule has 5 nitrogen and oxygen atoms in total. The number of ether oxygens (including phenoxy) is 1. The van der Waals surface area contributed by atoms with Gasteiger partial charge in [0.05, 0.1) is 0 Å². The van der Waals surface area contributed by atoms with E-state index < -0.39 is 6.10 Å². The Balaban J connectivity index is 1.39. The Labute approximate surface area is 211 Å². The fourth-order valence-corrected chi connectivity index (χ4v) is 3.95. The quantitative estimate of drug-likeness (QED) is 0.281. The van der Waals surface area contributed by atoms with Crippen molar-refractivity contribution in [3.05, 3.63) is 130 Å². The van der Waals surface area contributed by atoms with Gasteiger partial charge >= 0.3 is 0 Å². The first-order valence-electron chi connectivity index (χ1n) is 12.0. The third kappa shape index (κ3) is 5.88. The van der Waals surface area contributed by atoms with Crippen LogP contribution in [0.4, 0.5) is 0 Å². The average Bonchev–Trinajstić information content (AvgIpc) is 2.93.